The quantitative estimate of drug-likeness (QED) is 0.473. The average Bonchev–Trinajstić information content (AvgIpc) is 2.76. The molecule has 0 radical (unpaired) electrons. The van der Waals surface area contributed by atoms with Crippen LogP contribution in [0.5, 0.6) is 0 Å². The van der Waals surface area contributed by atoms with Crippen molar-refractivity contribution in [3.8, 4) is 0 Å². The Balaban J connectivity index is 1.90. The summed E-state index contributed by atoms with van der Waals surface area (Å²) in [5.74, 6) is 1.35. The lowest BCUT2D eigenvalue weighted by Crippen LogP contribution is -2.35. The lowest BCUT2D eigenvalue weighted by atomic mass is 9.62. The summed E-state index contributed by atoms with van der Waals surface area (Å²) >= 11 is 4.07. The van der Waals surface area contributed by atoms with Crippen molar-refractivity contribution in [2.75, 3.05) is 11.5 Å². The fourth-order valence-electron chi connectivity index (χ4n) is 5.10. The highest BCUT2D eigenvalue weighted by atomic mass is 32.2. The summed E-state index contributed by atoms with van der Waals surface area (Å²) in [6.07, 6.45) is 6.57. The van der Waals surface area contributed by atoms with Crippen LogP contribution in [0.2, 0.25) is 0 Å². The average molecular weight is 467 g/mol. The first-order chi connectivity index (χ1) is 15.1. The van der Waals surface area contributed by atoms with Crippen molar-refractivity contribution in [3.63, 3.8) is 0 Å². The van der Waals surface area contributed by atoms with E-state index in [0.29, 0.717) is 0 Å². The molecule has 0 spiro atoms. The van der Waals surface area contributed by atoms with Crippen molar-refractivity contribution in [1.29, 1.82) is 0 Å². The summed E-state index contributed by atoms with van der Waals surface area (Å²) in [5, 5.41) is 9.07. The van der Waals surface area contributed by atoms with Crippen LogP contribution in [0, 0.1) is 6.92 Å². The van der Waals surface area contributed by atoms with Gasteiger partial charge in [-0.05, 0) is 94.0 Å². The molecule has 4 heteroatoms. The first-order valence-corrected chi connectivity index (χ1v) is 13.5. The van der Waals surface area contributed by atoms with Crippen LogP contribution in [0.25, 0.3) is 6.08 Å². The third-order valence-corrected chi connectivity index (χ3v) is 10.6. The van der Waals surface area contributed by atoms with E-state index in [1.807, 2.05) is 29.6 Å². The predicted octanol–water partition coefficient (Wildman–Crippen LogP) is 7.51. The second kappa shape index (κ2) is 8.61. The van der Waals surface area contributed by atoms with Crippen molar-refractivity contribution >= 4 is 35.6 Å². The zero-order valence-corrected chi connectivity index (χ0v) is 21.5. The van der Waals surface area contributed by atoms with Crippen LogP contribution in [0.4, 0.5) is 0 Å². The first kappa shape index (κ1) is 23.5. The molecule has 0 bridgehead atoms. The Kier molecular flexibility index (Phi) is 6.32. The number of thioether (sulfide) groups is 2. The highest BCUT2D eigenvalue weighted by molar-refractivity contribution is 8.18. The molecular weight excluding hydrogens is 432 g/mol. The summed E-state index contributed by atoms with van der Waals surface area (Å²) in [6.45, 7) is 11.8. The van der Waals surface area contributed by atoms with Gasteiger partial charge in [0.15, 0.2) is 0 Å². The fraction of sp³-hybridized carbons (Fsp3) is 0.464. The van der Waals surface area contributed by atoms with E-state index in [2.05, 4.69) is 65.0 Å². The summed E-state index contributed by atoms with van der Waals surface area (Å²) in [6, 6.07) is 13.4. The maximum atomic E-state index is 11.0. The lowest BCUT2D eigenvalue weighted by Gasteiger charge is -2.44. The number of fused-ring (bicyclic) bond motifs is 1. The maximum absolute atomic E-state index is 11.0. The van der Waals surface area contributed by atoms with E-state index in [1.54, 1.807) is 6.08 Å². The molecule has 0 atom stereocenters. The van der Waals surface area contributed by atoms with Crippen LogP contribution in [-0.4, -0.2) is 22.6 Å². The maximum Gasteiger partial charge on any atom is 0.328 e. The number of hydrogen-bond acceptors (Lipinski definition) is 3. The molecule has 2 nitrogen and oxygen atoms in total. The molecule has 2 aromatic carbocycles. The Hall–Kier alpha value is -1.65. The fourth-order valence-corrected chi connectivity index (χ4v) is 8.61. The molecule has 1 saturated heterocycles. The zero-order chi connectivity index (χ0) is 23.1. The molecule has 170 valence electrons. The topological polar surface area (TPSA) is 37.3 Å². The molecular formula is C28H34O2S2. The van der Waals surface area contributed by atoms with Crippen molar-refractivity contribution in [2.24, 2.45) is 0 Å². The highest BCUT2D eigenvalue weighted by Crippen LogP contribution is 2.57. The first-order valence-electron chi connectivity index (χ1n) is 11.5. The van der Waals surface area contributed by atoms with E-state index >= 15 is 0 Å². The van der Waals surface area contributed by atoms with Crippen molar-refractivity contribution in [1.82, 2.24) is 0 Å². The molecule has 0 amide bonds. The van der Waals surface area contributed by atoms with Gasteiger partial charge in [0.25, 0.3) is 0 Å². The minimum absolute atomic E-state index is 0.165. The van der Waals surface area contributed by atoms with E-state index in [4.69, 9.17) is 5.11 Å². The van der Waals surface area contributed by atoms with Gasteiger partial charge in [-0.15, -0.1) is 23.5 Å². The van der Waals surface area contributed by atoms with E-state index < -0.39 is 5.97 Å². The van der Waals surface area contributed by atoms with Crippen LogP contribution in [0.1, 0.15) is 80.3 Å². The van der Waals surface area contributed by atoms with E-state index in [9.17, 15) is 4.79 Å². The van der Waals surface area contributed by atoms with Crippen LogP contribution in [0.15, 0.2) is 42.5 Å². The second-order valence-corrected chi connectivity index (χ2v) is 13.3. The highest BCUT2D eigenvalue weighted by Gasteiger charge is 2.43. The number of benzene rings is 2. The van der Waals surface area contributed by atoms with Gasteiger partial charge in [0.1, 0.15) is 4.08 Å². The molecule has 32 heavy (non-hydrogen) atoms. The van der Waals surface area contributed by atoms with Crippen LogP contribution in [0.3, 0.4) is 0 Å². The van der Waals surface area contributed by atoms with Gasteiger partial charge in [0, 0.05) is 6.08 Å². The lowest BCUT2D eigenvalue weighted by molar-refractivity contribution is -0.131. The van der Waals surface area contributed by atoms with Gasteiger partial charge < -0.3 is 5.11 Å². The second-order valence-electron chi connectivity index (χ2n) is 10.4. The molecule has 0 aromatic heterocycles. The Bertz CT molecular complexity index is 1060. The van der Waals surface area contributed by atoms with E-state index in [-0.39, 0.29) is 14.9 Å². The standard InChI is InChI=1S/C28H34O2S2/c1-19-16-23-24(27(4,5)13-12-26(23,2)3)18-22(19)28(31-14-7-15-32-28)21-9-6-8-20(17-21)10-11-25(29)30/h6,8-11,16-18H,7,12-15H2,1-5H3,(H,29,30). The van der Waals surface area contributed by atoms with Gasteiger partial charge in [-0.3, -0.25) is 0 Å². The summed E-state index contributed by atoms with van der Waals surface area (Å²) in [4.78, 5) is 11.0. The van der Waals surface area contributed by atoms with Crippen LogP contribution >= 0.6 is 23.5 Å². The van der Waals surface area contributed by atoms with Crippen molar-refractivity contribution < 1.29 is 9.90 Å². The monoisotopic (exact) mass is 466 g/mol. The van der Waals surface area contributed by atoms with Crippen LogP contribution in [-0.2, 0) is 19.7 Å². The zero-order valence-electron chi connectivity index (χ0n) is 19.8. The summed E-state index contributed by atoms with van der Waals surface area (Å²) in [7, 11) is 0. The number of rotatable bonds is 4. The summed E-state index contributed by atoms with van der Waals surface area (Å²) < 4.78 is -0.165. The van der Waals surface area contributed by atoms with Gasteiger partial charge in [0.05, 0.1) is 0 Å². The third-order valence-electron chi connectivity index (χ3n) is 7.14. The molecule has 1 heterocycles. The molecule has 1 fully saturated rings. The SMILES string of the molecule is Cc1cc2c(cc1C1(c3cccc(C=CC(=O)O)c3)SCCCS1)C(C)(C)CCC2(C)C. The smallest absolute Gasteiger partial charge is 0.328 e. The molecule has 2 aromatic rings. The molecule has 1 aliphatic heterocycles. The minimum Gasteiger partial charge on any atom is -0.478 e. The van der Waals surface area contributed by atoms with E-state index in [0.717, 1.165) is 17.1 Å². The normalized spacial score (nSPS) is 21.3. The van der Waals surface area contributed by atoms with Crippen molar-refractivity contribution in [2.45, 2.75) is 68.8 Å². The number of carboxylic acid groups (broad SMARTS) is 1. The van der Waals surface area contributed by atoms with Gasteiger partial charge in [-0.2, -0.15) is 0 Å². The number of aryl methyl sites for hydroxylation is 1. The van der Waals surface area contributed by atoms with Gasteiger partial charge in [-0.1, -0.05) is 58.0 Å². The number of aliphatic carboxylic acids is 1. The van der Waals surface area contributed by atoms with Crippen molar-refractivity contribution in [3.05, 3.63) is 75.9 Å². The minimum atomic E-state index is -0.915. The molecule has 1 N–H and O–H groups in total. The van der Waals surface area contributed by atoms with Gasteiger partial charge in [-0.25, -0.2) is 4.79 Å². The number of carboxylic acids is 1. The Morgan fingerprint density at radius 2 is 1.56 bits per heavy atom. The molecule has 0 unspecified atom stereocenters. The predicted molar refractivity (Wildman–Crippen MR) is 140 cm³/mol. The molecule has 2 aliphatic rings. The summed E-state index contributed by atoms with van der Waals surface area (Å²) in [5.41, 5.74) is 8.36. The molecule has 1 aliphatic carbocycles. The van der Waals surface area contributed by atoms with Crippen LogP contribution < -0.4 is 0 Å². The molecule has 4 rings (SSSR count). The Labute approximate surface area is 201 Å². The number of carbonyl (C=O) groups is 1. The van der Waals surface area contributed by atoms with Gasteiger partial charge >= 0.3 is 5.97 Å². The van der Waals surface area contributed by atoms with E-state index in [1.165, 1.54) is 53.2 Å². The number of hydrogen-bond donors (Lipinski definition) is 1. The third kappa shape index (κ3) is 4.28. The largest absolute Gasteiger partial charge is 0.478 e. The Morgan fingerprint density at radius 1 is 0.938 bits per heavy atom. The Morgan fingerprint density at radius 3 is 2.19 bits per heavy atom. The van der Waals surface area contributed by atoms with Gasteiger partial charge in [0.2, 0.25) is 0 Å². The molecule has 0 saturated carbocycles.